The molecule has 2 aliphatic rings. The first-order chi connectivity index (χ1) is 9.56. The van der Waals surface area contributed by atoms with Gasteiger partial charge >= 0.3 is 0 Å². The normalized spacial score (nSPS) is 22.0. The molecule has 0 aromatic carbocycles. The molecule has 2 aliphatic carbocycles. The monoisotopic (exact) mass is 281 g/mol. The van der Waals surface area contributed by atoms with E-state index in [1.54, 1.807) is 0 Å². The number of likely N-dealkylation sites (N-methyl/N-ethyl adjacent to an activating group) is 1. The van der Waals surface area contributed by atoms with Crippen LogP contribution in [0.2, 0.25) is 0 Å². The average molecular weight is 281 g/mol. The van der Waals surface area contributed by atoms with E-state index in [4.69, 9.17) is 5.73 Å². The van der Waals surface area contributed by atoms with E-state index in [0.29, 0.717) is 24.9 Å². The smallest absolute Gasteiger partial charge is 0.223 e. The Kier molecular flexibility index (Phi) is 5.44. The molecule has 4 nitrogen and oxygen atoms in total. The Balaban J connectivity index is 1.95. The van der Waals surface area contributed by atoms with Crippen LogP contribution in [0.4, 0.5) is 0 Å². The molecule has 1 amide bonds. The zero-order valence-electron chi connectivity index (χ0n) is 13.2. The summed E-state index contributed by atoms with van der Waals surface area (Å²) < 4.78 is 0. The van der Waals surface area contributed by atoms with Gasteiger partial charge in [-0.2, -0.15) is 0 Å². The van der Waals surface area contributed by atoms with Crippen molar-refractivity contribution < 1.29 is 4.79 Å². The van der Waals surface area contributed by atoms with Gasteiger partial charge in [-0.25, -0.2) is 0 Å². The Bertz CT molecular complexity index is 314. The lowest BCUT2D eigenvalue weighted by atomic mass is 9.66. The molecule has 0 atom stereocenters. The Labute approximate surface area is 123 Å². The molecule has 0 spiro atoms. The van der Waals surface area contributed by atoms with Crippen LogP contribution >= 0.6 is 0 Å². The van der Waals surface area contributed by atoms with E-state index in [9.17, 15) is 4.79 Å². The summed E-state index contributed by atoms with van der Waals surface area (Å²) >= 11 is 0. The molecule has 20 heavy (non-hydrogen) atoms. The molecule has 0 aromatic heterocycles. The molecule has 0 radical (unpaired) electrons. The fourth-order valence-corrected chi connectivity index (χ4v) is 3.59. The number of hydrogen-bond acceptors (Lipinski definition) is 3. The third-order valence-electron chi connectivity index (χ3n) is 5.25. The van der Waals surface area contributed by atoms with E-state index in [1.165, 1.54) is 32.1 Å². The predicted molar refractivity (Wildman–Crippen MR) is 82.5 cm³/mol. The molecule has 2 saturated carbocycles. The summed E-state index contributed by atoms with van der Waals surface area (Å²) in [7, 11) is 4.15. The van der Waals surface area contributed by atoms with E-state index < -0.39 is 0 Å². The van der Waals surface area contributed by atoms with Gasteiger partial charge in [-0.3, -0.25) is 4.79 Å². The summed E-state index contributed by atoms with van der Waals surface area (Å²) in [6.45, 7) is 2.50. The van der Waals surface area contributed by atoms with Crippen molar-refractivity contribution in [3.8, 4) is 0 Å². The maximum Gasteiger partial charge on any atom is 0.223 e. The summed E-state index contributed by atoms with van der Waals surface area (Å²) in [5.74, 6) is 0.351. The molecule has 4 heteroatoms. The number of rotatable bonds is 7. The van der Waals surface area contributed by atoms with Gasteiger partial charge in [0.2, 0.25) is 5.91 Å². The molecule has 0 aromatic rings. The van der Waals surface area contributed by atoms with Crippen molar-refractivity contribution in [1.29, 1.82) is 0 Å². The molecule has 2 rings (SSSR count). The van der Waals surface area contributed by atoms with Crippen LogP contribution < -0.4 is 5.73 Å². The first kappa shape index (κ1) is 15.8. The molecule has 0 bridgehead atoms. The second kappa shape index (κ2) is 6.90. The summed E-state index contributed by atoms with van der Waals surface area (Å²) in [4.78, 5) is 17.1. The van der Waals surface area contributed by atoms with Crippen LogP contribution in [0.15, 0.2) is 0 Å². The van der Waals surface area contributed by atoms with Crippen molar-refractivity contribution in [3.63, 3.8) is 0 Å². The van der Waals surface area contributed by atoms with Crippen LogP contribution in [-0.2, 0) is 4.79 Å². The quantitative estimate of drug-likeness (QED) is 0.774. The average Bonchev–Trinajstić information content (AvgIpc) is 2.87. The van der Waals surface area contributed by atoms with Gasteiger partial charge in [0.1, 0.15) is 0 Å². The Hall–Kier alpha value is -0.610. The highest BCUT2D eigenvalue weighted by Gasteiger charge is 2.39. The van der Waals surface area contributed by atoms with Crippen molar-refractivity contribution in [3.05, 3.63) is 0 Å². The van der Waals surface area contributed by atoms with Gasteiger partial charge in [0.05, 0.1) is 0 Å². The molecular weight excluding hydrogens is 250 g/mol. The topological polar surface area (TPSA) is 49.6 Å². The maximum absolute atomic E-state index is 12.8. The van der Waals surface area contributed by atoms with Crippen LogP contribution in [0, 0.1) is 5.41 Å². The summed E-state index contributed by atoms with van der Waals surface area (Å²) in [6.07, 6.45) is 9.13. The van der Waals surface area contributed by atoms with E-state index >= 15 is 0 Å². The number of nitrogens with two attached hydrogens (primary N) is 1. The molecule has 0 unspecified atom stereocenters. The van der Waals surface area contributed by atoms with Crippen molar-refractivity contribution >= 4 is 5.91 Å². The Morgan fingerprint density at radius 3 is 2.25 bits per heavy atom. The lowest BCUT2D eigenvalue weighted by molar-refractivity contribution is -0.137. The lowest BCUT2D eigenvalue weighted by Crippen LogP contribution is -2.47. The SMILES string of the molecule is CN(C)CCN(C(=O)CC1(CN)CCC1)C1CCCC1. The second-order valence-corrected chi connectivity index (χ2v) is 7.06. The first-order valence-electron chi connectivity index (χ1n) is 8.21. The number of carbonyl (C=O) groups excluding carboxylic acids is 1. The number of amides is 1. The van der Waals surface area contributed by atoms with E-state index in [-0.39, 0.29) is 5.41 Å². The fourth-order valence-electron chi connectivity index (χ4n) is 3.59. The minimum absolute atomic E-state index is 0.131. The third kappa shape index (κ3) is 3.73. The number of hydrogen-bond donors (Lipinski definition) is 1. The van der Waals surface area contributed by atoms with Gasteiger partial charge in [0, 0.05) is 25.6 Å². The highest BCUT2D eigenvalue weighted by Crippen LogP contribution is 2.43. The van der Waals surface area contributed by atoms with Crippen molar-refractivity contribution in [2.24, 2.45) is 11.1 Å². The first-order valence-corrected chi connectivity index (χ1v) is 8.21. The van der Waals surface area contributed by atoms with Gasteiger partial charge < -0.3 is 15.5 Å². The van der Waals surface area contributed by atoms with Gasteiger partial charge in [-0.15, -0.1) is 0 Å². The van der Waals surface area contributed by atoms with Crippen LogP contribution in [-0.4, -0.2) is 55.5 Å². The number of nitrogens with zero attached hydrogens (tertiary/aromatic N) is 2. The van der Waals surface area contributed by atoms with Crippen LogP contribution in [0.1, 0.15) is 51.4 Å². The Morgan fingerprint density at radius 1 is 1.15 bits per heavy atom. The van der Waals surface area contributed by atoms with E-state index in [0.717, 1.165) is 25.9 Å². The van der Waals surface area contributed by atoms with Crippen molar-refractivity contribution in [1.82, 2.24) is 9.80 Å². The third-order valence-corrected chi connectivity index (χ3v) is 5.25. The van der Waals surface area contributed by atoms with Gasteiger partial charge in [0.25, 0.3) is 0 Å². The van der Waals surface area contributed by atoms with E-state index in [1.807, 2.05) is 0 Å². The molecule has 2 fully saturated rings. The fraction of sp³-hybridized carbons (Fsp3) is 0.938. The Morgan fingerprint density at radius 2 is 1.80 bits per heavy atom. The van der Waals surface area contributed by atoms with Crippen molar-refractivity contribution in [2.75, 3.05) is 33.7 Å². The van der Waals surface area contributed by atoms with Gasteiger partial charge in [0.15, 0.2) is 0 Å². The minimum atomic E-state index is 0.131. The van der Waals surface area contributed by atoms with Gasteiger partial charge in [-0.05, 0) is 51.7 Å². The minimum Gasteiger partial charge on any atom is -0.338 e. The van der Waals surface area contributed by atoms with Crippen LogP contribution in [0.3, 0.4) is 0 Å². The maximum atomic E-state index is 12.8. The number of carbonyl (C=O) groups is 1. The highest BCUT2D eigenvalue weighted by molar-refractivity contribution is 5.77. The molecule has 0 saturated heterocycles. The summed E-state index contributed by atoms with van der Waals surface area (Å²) in [6, 6.07) is 0.484. The molecule has 0 aliphatic heterocycles. The van der Waals surface area contributed by atoms with Gasteiger partial charge in [-0.1, -0.05) is 19.3 Å². The molecule has 0 heterocycles. The zero-order chi connectivity index (χ0) is 14.6. The van der Waals surface area contributed by atoms with E-state index in [2.05, 4.69) is 23.9 Å². The molecule has 2 N–H and O–H groups in total. The van der Waals surface area contributed by atoms with Crippen molar-refractivity contribution in [2.45, 2.75) is 57.4 Å². The molecule has 116 valence electrons. The highest BCUT2D eigenvalue weighted by atomic mass is 16.2. The lowest BCUT2D eigenvalue weighted by Gasteiger charge is -2.42. The van der Waals surface area contributed by atoms with Crippen LogP contribution in [0.25, 0.3) is 0 Å². The standard InChI is InChI=1S/C16H31N3O/c1-18(2)10-11-19(14-6-3-4-7-14)15(20)12-16(13-17)8-5-9-16/h14H,3-13,17H2,1-2H3. The largest absolute Gasteiger partial charge is 0.338 e. The second-order valence-electron chi connectivity index (χ2n) is 7.06. The summed E-state index contributed by atoms with van der Waals surface area (Å²) in [5, 5.41) is 0. The predicted octanol–water partition coefficient (Wildman–Crippen LogP) is 1.84. The van der Waals surface area contributed by atoms with Crippen LogP contribution in [0.5, 0.6) is 0 Å². The zero-order valence-corrected chi connectivity index (χ0v) is 13.2. The summed E-state index contributed by atoms with van der Waals surface area (Å²) in [5.41, 5.74) is 6.04. The molecular formula is C16H31N3O.